The third-order valence-corrected chi connectivity index (χ3v) is 6.54. The Morgan fingerprint density at radius 3 is 2.67 bits per heavy atom. The second-order valence-electron chi connectivity index (χ2n) is 9.63. The maximum absolute atomic E-state index is 13.7. The smallest absolute Gasteiger partial charge is 0.418 e. The average Bonchev–Trinajstić information content (AvgIpc) is 3.62. The van der Waals surface area contributed by atoms with E-state index in [1.165, 1.54) is 23.9 Å². The van der Waals surface area contributed by atoms with Gasteiger partial charge in [-0.25, -0.2) is 0 Å². The van der Waals surface area contributed by atoms with Gasteiger partial charge in [0.15, 0.2) is 6.23 Å². The molecule has 1 fully saturated rings. The first-order valence-electron chi connectivity index (χ1n) is 12.2. The third-order valence-electron chi connectivity index (χ3n) is 6.54. The van der Waals surface area contributed by atoms with E-state index in [-0.39, 0.29) is 23.1 Å². The van der Waals surface area contributed by atoms with Gasteiger partial charge in [-0.05, 0) is 61.6 Å². The number of nitrogens with one attached hydrogen (secondary N) is 1. The van der Waals surface area contributed by atoms with Crippen LogP contribution in [-0.4, -0.2) is 35.2 Å². The number of carbonyl (C=O) groups is 1. The van der Waals surface area contributed by atoms with Crippen molar-refractivity contribution in [2.24, 2.45) is 22.6 Å². The molecule has 2 aliphatic rings. The molecule has 0 spiro atoms. The molecule has 5 N–H and O–H groups in total. The highest BCUT2D eigenvalue weighted by molar-refractivity contribution is 5.82. The summed E-state index contributed by atoms with van der Waals surface area (Å²) in [6.45, 7) is 4.13. The van der Waals surface area contributed by atoms with Crippen molar-refractivity contribution in [2.75, 3.05) is 11.9 Å². The summed E-state index contributed by atoms with van der Waals surface area (Å²) >= 11 is 0. The molecule has 196 valence electrons. The van der Waals surface area contributed by atoms with Crippen molar-refractivity contribution in [3.8, 4) is 0 Å². The van der Waals surface area contributed by atoms with E-state index in [2.05, 4.69) is 22.5 Å². The van der Waals surface area contributed by atoms with Gasteiger partial charge in [0.2, 0.25) is 0 Å². The second kappa shape index (κ2) is 11.8. The summed E-state index contributed by atoms with van der Waals surface area (Å²) in [5.41, 5.74) is 7.27. The maximum atomic E-state index is 13.7. The predicted molar refractivity (Wildman–Crippen MR) is 135 cm³/mol. The van der Waals surface area contributed by atoms with Gasteiger partial charge in [0.25, 0.3) is 0 Å². The van der Waals surface area contributed by atoms with Crippen LogP contribution in [0, 0.1) is 11.8 Å². The summed E-state index contributed by atoms with van der Waals surface area (Å²) in [4.78, 5) is 15.6. The van der Waals surface area contributed by atoms with E-state index in [1.807, 2.05) is 19.9 Å². The van der Waals surface area contributed by atoms with Gasteiger partial charge in [0.05, 0.1) is 11.5 Å². The zero-order valence-electron chi connectivity index (χ0n) is 20.6. The average molecular weight is 506 g/mol. The monoisotopic (exact) mass is 505 g/mol. The standard InChI is InChI=1S/C27H34F3N3O3/c1-16(2)24(31)21(15-32-12-6-9-17-7-4-3-5-8-17)25(34)33-23-13-18(19-14-20(19)26(35)36)10-11-22(23)27(28,29)30/h3-4,7,10-11,13,15-16,19-20,25,33-34H,5-6,8-9,12,14,31H2,1-2H3,(H,35,36)/t19-,20-,25?/m1/s1. The molecule has 0 aliphatic heterocycles. The van der Waals surface area contributed by atoms with E-state index < -0.39 is 29.9 Å². The van der Waals surface area contributed by atoms with Gasteiger partial charge in [-0.3, -0.25) is 9.79 Å². The molecule has 3 rings (SSSR count). The number of aliphatic carboxylic acids is 1. The van der Waals surface area contributed by atoms with E-state index in [9.17, 15) is 28.2 Å². The van der Waals surface area contributed by atoms with Gasteiger partial charge in [0, 0.05) is 29.7 Å². The lowest BCUT2D eigenvalue weighted by Crippen LogP contribution is -2.28. The van der Waals surface area contributed by atoms with Gasteiger partial charge in [-0.15, -0.1) is 0 Å². The summed E-state index contributed by atoms with van der Waals surface area (Å²) in [6, 6.07) is 3.48. The molecule has 1 saturated carbocycles. The predicted octanol–water partition coefficient (Wildman–Crippen LogP) is 5.62. The molecular formula is C27H34F3N3O3. The number of hydrogen-bond acceptors (Lipinski definition) is 5. The minimum atomic E-state index is -4.67. The van der Waals surface area contributed by atoms with Crippen LogP contribution in [-0.2, 0) is 11.0 Å². The van der Waals surface area contributed by atoms with Crippen LogP contribution in [0.3, 0.4) is 0 Å². The Morgan fingerprint density at radius 2 is 2.08 bits per heavy atom. The lowest BCUT2D eigenvalue weighted by molar-refractivity contribution is -0.139. The molecule has 2 aliphatic carbocycles. The van der Waals surface area contributed by atoms with Crippen LogP contribution < -0.4 is 11.1 Å². The first-order chi connectivity index (χ1) is 17.0. The SMILES string of the molecule is CC(C)C(N)=C(C=NCCCC1=CC=CCC1)C(O)Nc1cc([C@H]2C[C@H]2C(=O)O)ccc1C(F)(F)F. The molecule has 36 heavy (non-hydrogen) atoms. The van der Waals surface area contributed by atoms with E-state index in [0.29, 0.717) is 24.2 Å². The molecule has 9 heteroatoms. The van der Waals surface area contributed by atoms with Crippen molar-refractivity contribution in [1.82, 2.24) is 0 Å². The highest BCUT2D eigenvalue weighted by atomic mass is 19.4. The quantitative estimate of drug-likeness (QED) is 0.177. The molecule has 1 aromatic carbocycles. The molecule has 0 saturated heterocycles. The summed E-state index contributed by atoms with van der Waals surface area (Å²) in [5, 5.41) is 22.6. The Morgan fingerprint density at radius 1 is 1.33 bits per heavy atom. The number of benzene rings is 1. The van der Waals surface area contributed by atoms with Crippen LogP contribution >= 0.6 is 0 Å². The van der Waals surface area contributed by atoms with Gasteiger partial charge in [0.1, 0.15) is 0 Å². The number of nitrogens with zero attached hydrogens (tertiary/aromatic N) is 1. The Balaban J connectivity index is 1.77. The van der Waals surface area contributed by atoms with Crippen molar-refractivity contribution in [1.29, 1.82) is 0 Å². The molecule has 0 radical (unpaired) electrons. The largest absolute Gasteiger partial charge is 0.481 e. The number of aliphatic hydroxyl groups is 1. The van der Waals surface area contributed by atoms with Crippen molar-refractivity contribution in [3.05, 3.63) is 64.4 Å². The van der Waals surface area contributed by atoms with Gasteiger partial charge in [-0.1, -0.05) is 43.7 Å². The van der Waals surface area contributed by atoms with Crippen LogP contribution in [0.1, 0.15) is 63.0 Å². The molecule has 0 heterocycles. The highest BCUT2D eigenvalue weighted by Gasteiger charge is 2.45. The van der Waals surface area contributed by atoms with Crippen molar-refractivity contribution in [3.63, 3.8) is 0 Å². The van der Waals surface area contributed by atoms with Crippen LogP contribution in [0.25, 0.3) is 0 Å². The van der Waals surface area contributed by atoms with E-state index >= 15 is 0 Å². The number of alkyl halides is 3. The van der Waals surface area contributed by atoms with Crippen molar-refractivity contribution < 1.29 is 28.2 Å². The zero-order chi connectivity index (χ0) is 26.5. The molecule has 0 aromatic heterocycles. The molecule has 1 unspecified atom stereocenters. The van der Waals surface area contributed by atoms with Crippen LogP contribution in [0.2, 0.25) is 0 Å². The second-order valence-corrected chi connectivity index (χ2v) is 9.63. The lowest BCUT2D eigenvalue weighted by Gasteiger charge is -2.22. The topological polar surface area (TPSA) is 108 Å². The van der Waals surface area contributed by atoms with E-state index in [1.54, 1.807) is 0 Å². The molecular weight excluding hydrogens is 471 g/mol. The van der Waals surface area contributed by atoms with E-state index in [4.69, 9.17) is 5.73 Å². The van der Waals surface area contributed by atoms with Gasteiger partial charge in [-0.2, -0.15) is 13.2 Å². The summed E-state index contributed by atoms with van der Waals surface area (Å²) in [5.74, 6) is -2.11. The fourth-order valence-electron chi connectivity index (χ4n) is 4.28. The highest BCUT2D eigenvalue weighted by Crippen LogP contribution is 2.49. The zero-order valence-corrected chi connectivity index (χ0v) is 20.6. The number of aliphatic hydroxyl groups excluding tert-OH is 1. The number of anilines is 1. The number of carboxylic acid groups (broad SMARTS) is 1. The fourth-order valence-corrected chi connectivity index (χ4v) is 4.28. The Bertz CT molecular complexity index is 1070. The molecule has 6 nitrogen and oxygen atoms in total. The number of hydrogen-bond donors (Lipinski definition) is 4. The number of nitrogens with two attached hydrogens (primary N) is 1. The Labute approximate surface area is 209 Å². The molecule has 3 atom stereocenters. The number of aliphatic imine (C=N–C) groups is 1. The molecule has 0 amide bonds. The number of rotatable bonds is 11. The van der Waals surface area contributed by atoms with E-state index in [0.717, 1.165) is 31.7 Å². The van der Waals surface area contributed by atoms with Crippen molar-refractivity contribution in [2.45, 2.75) is 64.3 Å². The summed E-state index contributed by atoms with van der Waals surface area (Å²) in [7, 11) is 0. The fraction of sp³-hybridized carbons (Fsp3) is 0.481. The lowest BCUT2D eigenvalue weighted by atomic mass is 10.0. The maximum Gasteiger partial charge on any atom is 0.418 e. The van der Waals surface area contributed by atoms with Crippen LogP contribution in [0.15, 0.2) is 58.3 Å². The summed E-state index contributed by atoms with van der Waals surface area (Å²) < 4.78 is 41.1. The van der Waals surface area contributed by atoms with Crippen LogP contribution in [0.5, 0.6) is 0 Å². The first kappa shape index (κ1) is 27.5. The summed E-state index contributed by atoms with van der Waals surface area (Å²) in [6.07, 6.45) is 5.65. The Hall–Kier alpha value is -3.07. The minimum Gasteiger partial charge on any atom is -0.481 e. The van der Waals surface area contributed by atoms with Gasteiger partial charge >= 0.3 is 12.1 Å². The van der Waals surface area contributed by atoms with Crippen LogP contribution in [0.4, 0.5) is 18.9 Å². The third kappa shape index (κ3) is 7.22. The molecule has 0 bridgehead atoms. The van der Waals surface area contributed by atoms with Gasteiger partial charge < -0.3 is 21.3 Å². The molecule has 1 aromatic rings. The Kier molecular flexibility index (Phi) is 9.00. The number of carboxylic acids is 1. The van der Waals surface area contributed by atoms with Crippen molar-refractivity contribution >= 4 is 17.9 Å². The number of halogens is 3. The number of allylic oxidation sites excluding steroid dienone is 5. The minimum absolute atomic E-state index is 0.168. The normalized spacial score (nSPS) is 21.4. The first-order valence-corrected chi connectivity index (χ1v) is 12.2.